The van der Waals surface area contributed by atoms with Gasteiger partial charge in [-0.3, -0.25) is 4.79 Å². The second-order valence-corrected chi connectivity index (χ2v) is 9.49. The molecule has 0 saturated heterocycles. The lowest BCUT2D eigenvalue weighted by molar-refractivity contribution is 0.0599. The molecule has 4 rings (SSSR count). The number of amides is 1. The molecule has 2 aromatic heterocycles. The number of carbonyl (C=O) groups is 2. The largest absolute Gasteiger partial charge is 0.465 e. The van der Waals surface area contributed by atoms with Crippen LogP contribution in [0.5, 0.6) is 0 Å². The molecular formula is C25H21Br2N3O4. The van der Waals surface area contributed by atoms with Gasteiger partial charge in [0.15, 0.2) is 5.76 Å². The molecule has 0 saturated carbocycles. The van der Waals surface area contributed by atoms with Crippen molar-refractivity contribution in [1.29, 1.82) is 0 Å². The zero-order valence-corrected chi connectivity index (χ0v) is 22.1. The lowest BCUT2D eigenvalue weighted by Gasteiger charge is -2.15. The Balaban J connectivity index is 1.58. The van der Waals surface area contributed by atoms with Crippen LogP contribution in [-0.4, -0.2) is 29.8 Å². The number of esters is 1. The van der Waals surface area contributed by atoms with Gasteiger partial charge in [-0.25, -0.2) is 10.2 Å². The predicted molar refractivity (Wildman–Crippen MR) is 138 cm³/mol. The van der Waals surface area contributed by atoms with Gasteiger partial charge in [0.05, 0.1) is 23.4 Å². The zero-order chi connectivity index (χ0) is 24.6. The number of nitrogens with one attached hydrogen (secondary N) is 1. The highest BCUT2D eigenvalue weighted by Gasteiger charge is 2.17. The number of furan rings is 1. The van der Waals surface area contributed by atoms with Gasteiger partial charge in [-0.2, -0.15) is 5.10 Å². The summed E-state index contributed by atoms with van der Waals surface area (Å²) in [5.41, 5.74) is 8.02. The van der Waals surface area contributed by atoms with Crippen LogP contribution in [0.15, 0.2) is 60.9 Å². The van der Waals surface area contributed by atoms with E-state index in [2.05, 4.69) is 42.4 Å². The summed E-state index contributed by atoms with van der Waals surface area (Å²) in [7, 11) is 1.37. The Labute approximate surface area is 213 Å². The molecule has 0 unspecified atom stereocenters. The summed E-state index contributed by atoms with van der Waals surface area (Å²) in [6.45, 7) is 5.81. The fourth-order valence-electron chi connectivity index (χ4n) is 3.89. The van der Waals surface area contributed by atoms with E-state index in [1.165, 1.54) is 7.11 Å². The number of fused-ring (bicyclic) bond motifs is 1. The first-order valence-corrected chi connectivity index (χ1v) is 11.9. The lowest BCUT2D eigenvalue weighted by atomic mass is 10.1. The lowest BCUT2D eigenvalue weighted by Crippen LogP contribution is -2.16. The number of aryl methyl sites for hydroxylation is 1. The summed E-state index contributed by atoms with van der Waals surface area (Å²) in [4.78, 5) is 24.7. The van der Waals surface area contributed by atoms with Crippen molar-refractivity contribution in [2.45, 2.75) is 20.8 Å². The van der Waals surface area contributed by atoms with Crippen LogP contribution in [0.1, 0.15) is 43.4 Å². The highest BCUT2D eigenvalue weighted by atomic mass is 79.9. The number of aromatic nitrogens is 1. The molecule has 1 N–H and O–H groups in total. The zero-order valence-electron chi connectivity index (χ0n) is 18.9. The summed E-state index contributed by atoms with van der Waals surface area (Å²) in [6, 6.07) is 12.9. The topological polar surface area (TPSA) is 85.8 Å². The maximum absolute atomic E-state index is 12.6. The Morgan fingerprint density at radius 1 is 1.12 bits per heavy atom. The summed E-state index contributed by atoms with van der Waals surface area (Å²) < 4.78 is 14.2. The van der Waals surface area contributed by atoms with E-state index < -0.39 is 5.91 Å². The van der Waals surface area contributed by atoms with Gasteiger partial charge in [0, 0.05) is 32.5 Å². The minimum atomic E-state index is -0.453. The maximum Gasteiger partial charge on any atom is 0.338 e. The van der Waals surface area contributed by atoms with Crippen LogP contribution in [0.3, 0.4) is 0 Å². The summed E-state index contributed by atoms with van der Waals surface area (Å²) >= 11 is 6.87. The van der Waals surface area contributed by atoms with E-state index in [4.69, 9.17) is 9.15 Å². The molecule has 0 aliphatic rings. The molecule has 2 aromatic carbocycles. The first-order chi connectivity index (χ1) is 16.2. The van der Waals surface area contributed by atoms with Crippen molar-refractivity contribution in [3.05, 3.63) is 85.2 Å². The number of nitrogens with zero attached hydrogens (tertiary/aromatic N) is 2. The fourth-order valence-corrected chi connectivity index (χ4v) is 5.23. The van der Waals surface area contributed by atoms with Crippen LogP contribution in [0.2, 0.25) is 0 Å². The Morgan fingerprint density at radius 2 is 1.88 bits per heavy atom. The van der Waals surface area contributed by atoms with Gasteiger partial charge in [-0.05, 0) is 78.7 Å². The number of methoxy groups -OCH3 is 1. The van der Waals surface area contributed by atoms with Crippen LogP contribution >= 0.6 is 31.9 Å². The molecule has 7 nitrogen and oxygen atoms in total. The van der Waals surface area contributed by atoms with Crippen molar-refractivity contribution >= 4 is 60.9 Å². The number of rotatable bonds is 5. The molecule has 0 spiro atoms. The van der Waals surface area contributed by atoms with Crippen molar-refractivity contribution in [2.75, 3.05) is 7.11 Å². The van der Waals surface area contributed by atoms with E-state index in [0.29, 0.717) is 11.1 Å². The highest BCUT2D eigenvalue weighted by molar-refractivity contribution is 9.11. The summed E-state index contributed by atoms with van der Waals surface area (Å²) in [6.07, 6.45) is 1.59. The molecule has 0 atom stereocenters. The third-order valence-electron chi connectivity index (χ3n) is 5.55. The smallest absolute Gasteiger partial charge is 0.338 e. The monoisotopic (exact) mass is 585 g/mol. The van der Waals surface area contributed by atoms with E-state index in [0.717, 1.165) is 42.5 Å². The molecular weight excluding hydrogens is 566 g/mol. The normalized spacial score (nSPS) is 11.4. The second kappa shape index (κ2) is 9.60. The van der Waals surface area contributed by atoms with Gasteiger partial charge in [-0.15, -0.1) is 0 Å². The van der Waals surface area contributed by atoms with Crippen molar-refractivity contribution in [3.63, 3.8) is 0 Å². The van der Waals surface area contributed by atoms with Crippen LogP contribution < -0.4 is 5.43 Å². The van der Waals surface area contributed by atoms with Gasteiger partial charge in [0.2, 0.25) is 0 Å². The van der Waals surface area contributed by atoms with Crippen LogP contribution in [0, 0.1) is 20.8 Å². The van der Waals surface area contributed by atoms with E-state index in [1.807, 2.05) is 55.7 Å². The first-order valence-electron chi connectivity index (χ1n) is 10.3. The number of benzene rings is 2. The minimum absolute atomic E-state index is 0.159. The van der Waals surface area contributed by atoms with Crippen molar-refractivity contribution in [2.24, 2.45) is 5.10 Å². The molecule has 0 bridgehead atoms. The SMILES string of the molecule is COC(=O)c1cccc(-n2c(C)cc(/C=N\NC(=O)c3cc4cc(Br)cc(Br)c4o3)c2C)c1C. The first kappa shape index (κ1) is 24.0. The quantitative estimate of drug-likeness (QED) is 0.171. The van der Waals surface area contributed by atoms with E-state index in [-0.39, 0.29) is 11.7 Å². The molecule has 0 fully saturated rings. The third kappa shape index (κ3) is 4.45. The van der Waals surface area contributed by atoms with Gasteiger partial charge >= 0.3 is 11.9 Å². The molecule has 174 valence electrons. The number of halogens is 2. The number of hydrogen-bond acceptors (Lipinski definition) is 5. The molecule has 0 radical (unpaired) electrons. The van der Waals surface area contributed by atoms with Crippen molar-refractivity contribution < 1.29 is 18.7 Å². The molecule has 4 aromatic rings. The van der Waals surface area contributed by atoms with Crippen molar-refractivity contribution in [1.82, 2.24) is 9.99 Å². The Hall–Kier alpha value is -3.17. The molecule has 1 amide bonds. The van der Waals surface area contributed by atoms with Gasteiger partial charge in [-0.1, -0.05) is 22.0 Å². The maximum atomic E-state index is 12.6. The summed E-state index contributed by atoms with van der Waals surface area (Å²) in [5, 5.41) is 4.92. The molecule has 0 aliphatic heterocycles. The molecule has 2 heterocycles. The fraction of sp³-hybridized carbons (Fsp3) is 0.160. The van der Waals surface area contributed by atoms with Crippen LogP contribution in [0.4, 0.5) is 0 Å². The standard InChI is InChI=1S/C25H21Br2N3O4/c1-13-8-17(15(3)30(13)21-7-5-6-19(14(21)2)25(32)33-4)12-28-29-24(31)22-10-16-9-18(26)11-20(27)23(16)34-22/h5-12H,1-4H3,(H,29,31)/b28-12-. The Kier molecular flexibility index (Phi) is 6.77. The predicted octanol–water partition coefficient (Wildman–Crippen LogP) is 6.22. The number of hydrazone groups is 1. The second-order valence-electron chi connectivity index (χ2n) is 7.72. The van der Waals surface area contributed by atoms with Crippen LogP contribution in [0.25, 0.3) is 16.7 Å². The summed E-state index contributed by atoms with van der Waals surface area (Å²) in [5.74, 6) is -0.672. The van der Waals surface area contributed by atoms with Gasteiger partial charge in [0.1, 0.15) is 5.58 Å². The number of ether oxygens (including phenoxy) is 1. The number of carbonyl (C=O) groups excluding carboxylic acids is 2. The Morgan fingerprint density at radius 3 is 2.62 bits per heavy atom. The average Bonchev–Trinajstić information content (AvgIpc) is 3.34. The highest BCUT2D eigenvalue weighted by Crippen LogP contribution is 2.31. The van der Waals surface area contributed by atoms with Gasteiger partial charge < -0.3 is 13.7 Å². The minimum Gasteiger partial charge on any atom is -0.465 e. The van der Waals surface area contributed by atoms with E-state index in [9.17, 15) is 9.59 Å². The third-order valence-corrected chi connectivity index (χ3v) is 6.60. The molecule has 0 aliphatic carbocycles. The molecule has 9 heteroatoms. The van der Waals surface area contributed by atoms with E-state index >= 15 is 0 Å². The van der Waals surface area contributed by atoms with Crippen LogP contribution in [-0.2, 0) is 4.74 Å². The van der Waals surface area contributed by atoms with E-state index in [1.54, 1.807) is 18.3 Å². The Bertz CT molecular complexity index is 1470. The van der Waals surface area contributed by atoms with Gasteiger partial charge in [0.25, 0.3) is 0 Å². The number of hydrogen-bond donors (Lipinski definition) is 1. The average molecular weight is 587 g/mol. The van der Waals surface area contributed by atoms with Crippen molar-refractivity contribution in [3.8, 4) is 5.69 Å². The molecule has 34 heavy (non-hydrogen) atoms.